The Morgan fingerprint density at radius 3 is 2.36 bits per heavy atom. The molecule has 0 saturated heterocycles. The molecule has 0 unspecified atom stereocenters. The Hall–Kier alpha value is -3.25. The van der Waals surface area contributed by atoms with Crippen LogP contribution < -0.4 is 10.6 Å². The van der Waals surface area contributed by atoms with Crippen LogP contribution in [0.5, 0.6) is 0 Å². The smallest absolute Gasteiger partial charge is 0.335 e. The minimum Gasteiger partial charge on any atom is -0.361 e. The van der Waals surface area contributed by atoms with Crippen molar-refractivity contribution >= 4 is 30.6 Å². The molecule has 1 amide bonds. The molecule has 1 aliphatic heterocycles. The lowest BCUT2D eigenvalue weighted by Crippen LogP contribution is -2.05. The standard InChI is InChI=1S/C25H26N3O4P/c1-3-31-33(30,32-4-2)17-18-10-12-21(13-11-18)26-16-23-22-14-20(19-8-6-5-7-9-19)15-27-24(22)28-25(23)29/h5-16,26H,3-4,17H2,1-2H3,(H,27,28,29)/b23-16-. The summed E-state index contributed by atoms with van der Waals surface area (Å²) in [7, 11) is -3.16. The summed E-state index contributed by atoms with van der Waals surface area (Å²) in [6.45, 7) is 4.24. The van der Waals surface area contributed by atoms with Crippen LogP contribution in [0.3, 0.4) is 0 Å². The molecule has 4 rings (SSSR count). The number of aromatic nitrogens is 1. The number of pyridine rings is 1. The van der Waals surface area contributed by atoms with Crippen molar-refractivity contribution in [2.45, 2.75) is 20.0 Å². The van der Waals surface area contributed by atoms with E-state index in [0.717, 1.165) is 27.9 Å². The van der Waals surface area contributed by atoms with Gasteiger partial charge in [0.1, 0.15) is 5.82 Å². The second-order valence-corrected chi connectivity index (χ2v) is 9.50. The Morgan fingerprint density at radius 2 is 1.70 bits per heavy atom. The minimum atomic E-state index is -3.16. The quantitative estimate of drug-likeness (QED) is 0.302. The summed E-state index contributed by atoms with van der Waals surface area (Å²) in [5.74, 6) is 0.340. The van der Waals surface area contributed by atoms with Crippen LogP contribution >= 0.6 is 7.60 Å². The first kappa shape index (κ1) is 22.9. The van der Waals surface area contributed by atoms with Gasteiger partial charge in [0.25, 0.3) is 5.91 Å². The van der Waals surface area contributed by atoms with Gasteiger partial charge in [0.05, 0.1) is 24.9 Å². The maximum Gasteiger partial charge on any atom is 0.335 e. The van der Waals surface area contributed by atoms with Crippen molar-refractivity contribution in [3.05, 3.63) is 84.2 Å². The number of carbonyl (C=O) groups is 1. The Bertz CT molecular complexity index is 1200. The van der Waals surface area contributed by atoms with Crippen LogP contribution in [-0.4, -0.2) is 24.1 Å². The van der Waals surface area contributed by atoms with Crippen LogP contribution in [0, 0.1) is 0 Å². The van der Waals surface area contributed by atoms with Gasteiger partial charge in [-0.3, -0.25) is 9.36 Å². The molecule has 1 aromatic heterocycles. The summed E-state index contributed by atoms with van der Waals surface area (Å²) < 4.78 is 23.5. The van der Waals surface area contributed by atoms with Crippen molar-refractivity contribution in [3.8, 4) is 11.1 Å². The first-order valence-electron chi connectivity index (χ1n) is 10.8. The average molecular weight is 463 g/mol. The van der Waals surface area contributed by atoms with E-state index in [9.17, 15) is 9.36 Å². The predicted octanol–water partition coefficient (Wildman–Crippen LogP) is 5.92. The topological polar surface area (TPSA) is 89.5 Å². The van der Waals surface area contributed by atoms with E-state index < -0.39 is 7.60 Å². The fraction of sp³-hybridized carbons (Fsp3) is 0.200. The summed E-state index contributed by atoms with van der Waals surface area (Å²) in [6, 6.07) is 19.3. The van der Waals surface area contributed by atoms with Gasteiger partial charge in [-0.15, -0.1) is 0 Å². The largest absolute Gasteiger partial charge is 0.361 e. The molecule has 0 radical (unpaired) electrons. The van der Waals surface area contributed by atoms with Crippen LogP contribution in [0.15, 0.2) is 73.1 Å². The van der Waals surface area contributed by atoms with Gasteiger partial charge in [-0.05, 0) is 43.2 Å². The third kappa shape index (κ3) is 5.40. The first-order valence-corrected chi connectivity index (χ1v) is 12.5. The van der Waals surface area contributed by atoms with E-state index >= 15 is 0 Å². The molecule has 1 aliphatic rings. The Labute approximate surface area is 193 Å². The van der Waals surface area contributed by atoms with Gasteiger partial charge < -0.3 is 19.7 Å². The lowest BCUT2D eigenvalue weighted by Gasteiger charge is -2.17. The predicted molar refractivity (Wildman–Crippen MR) is 131 cm³/mol. The molecule has 0 fully saturated rings. The van der Waals surface area contributed by atoms with Gasteiger partial charge in [0, 0.05) is 29.2 Å². The van der Waals surface area contributed by atoms with E-state index in [2.05, 4.69) is 15.6 Å². The Morgan fingerprint density at radius 1 is 1.00 bits per heavy atom. The van der Waals surface area contributed by atoms with Crippen molar-refractivity contribution in [1.29, 1.82) is 0 Å². The molecule has 2 aromatic carbocycles. The highest BCUT2D eigenvalue weighted by Crippen LogP contribution is 2.51. The number of nitrogens with one attached hydrogen (secondary N) is 2. The van der Waals surface area contributed by atoms with E-state index in [1.807, 2.05) is 60.7 Å². The zero-order valence-electron chi connectivity index (χ0n) is 18.6. The maximum absolute atomic E-state index is 12.7. The lowest BCUT2D eigenvalue weighted by atomic mass is 10.0. The van der Waals surface area contributed by atoms with E-state index in [1.165, 1.54) is 0 Å². The van der Waals surface area contributed by atoms with Crippen LogP contribution in [0.25, 0.3) is 16.7 Å². The second kappa shape index (κ2) is 10.1. The van der Waals surface area contributed by atoms with Gasteiger partial charge in [-0.2, -0.15) is 0 Å². The number of amides is 1. The van der Waals surface area contributed by atoms with Crippen molar-refractivity contribution < 1.29 is 18.4 Å². The molecule has 0 spiro atoms. The highest BCUT2D eigenvalue weighted by Gasteiger charge is 2.26. The number of anilines is 2. The molecular formula is C25H26N3O4P. The number of carbonyl (C=O) groups excluding carboxylic acids is 1. The molecule has 33 heavy (non-hydrogen) atoms. The normalized spacial score (nSPS) is 14.2. The highest BCUT2D eigenvalue weighted by molar-refractivity contribution is 7.53. The molecule has 2 N–H and O–H groups in total. The second-order valence-electron chi connectivity index (χ2n) is 7.44. The van der Waals surface area contributed by atoms with Crippen LogP contribution in [-0.2, 0) is 24.6 Å². The number of nitrogens with zero attached hydrogens (tertiary/aromatic N) is 1. The van der Waals surface area contributed by atoms with Gasteiger partial charge in [0.2, 0.25) is 0 Å². The van der Waals surface area contributed by atoms with Gasteiger partial charge in [-0.25, -0.2) is 4.98 Å². The van der Waals surface area contributed by atoms with Gasteiger partial charge >= 0.3 is 7.60 Å². The van der Waals surface area contributed by atoms with Gasteiger partial charge in [0.15, 0.2) is 0 Å². The maximum atomic E-state index is 12.7. The van der Waals surface area contributed by atoms with Crippen LogP contribution in [0.1, 0.15) is 25.0 Å². The third-order valence-corrected chi connectivity index (χ3v) is 7.18. The molecule has 7 nitrogen and oxygen atoms in total. The third-order valence-electron chi connectivity index (χ3n) is 5.13. The number of rotatable bonds is 9. The SMILES string of the molecule is CCOP(=O)(Cc1ccc(N/C=C2\C(=O)Nc3ncc(-c4ccccc4)cc32)cc1)OCC. The molecule has 0 bridgehead atoms. The van der Waals surface area contributed by atoms with E-state index in [4.69, 9.17) is 9.05 Å². The van der Waals surface area contributed by atoms with Gasteiger partial charge in [-0.1, -0.05) is 42.5 Å². The molecule has 0 saturated carbocycles. The Kier molecular flexibility index (Phi) is 7.04. The molecule has 170 valence electrons. The highest BCUT2D eigenvalue weighted by atomic mass is 31.2. The zero-order valence-corrected chi connectivity index (χ0v) is 19.5. The fourth-order valence-corrected chi connectivity index (χ4v) is 5.31. The average Bonchev–Trinajstić information content (AvgIpc) is 3.13. The summed E-state index contributed by atoms with van der Waals surface area (Å²) in [4.78, 5) is 16.9. The van der Waals surface area contributed by atoms with E-state index in [0.29, 0.717) is 24.6 Å². The van der Waals surface area contributed by atoms with E-state index in [1.54, 1.807) is 26.2 Å². The number of hydrogen-bond acceptors (Lipinski definition) is 6. The molecule has 2 heterocycles. The fourth-order valence-electron chi connectivity index (χ4n) is 3.61. The number of hydrogen-bond donors (Lipinski definition) is 2. The van der Waals surface area contributed by atoms with E-state index in [-0.39, 0.29) is 12.1 Å². The molecule has 0 atom stereocenters. The van der Waals surface area contributed by atoms with Crippen LogP contribution in [0.4, 0.5) is 11.5 Å². The van der Waals surface area contributed by atoms with Crippen molar-refractivity contribution in [1.82, 2.24) is 4.98 Å². The van der Waals surface area contributed by atoms with Crippen molar-refractivity contribution in [3.63, 3.8) is 0 Å². The summed E-state index contributed by atoms with van der Waals surface area (Å²) in [5.41, 5.74) is 4.87. The molecule has 3 aromatic rings. The zero-order chi connectivity index (χ0) is 23.3. The Balaban J connectivity index is 1.51. The number of benzene rings is 2. The van der Waals surface area contributed by atoms with Crippen LogP contribution in [0.2, 0.25) is 0 Å². The molecular weight excluding hydrogens is 437 g/mol. The first-order chi connectivity index (χ1) is 16.0. The molecule has 0 aliphatic carbocycles. The number of fused-ring (bicyclic) bond motifs is 1. The monoisotopic (exact) mass is 463 g/mol. The summed E-state index contributed by atoms with van der Waals surface area (Å²) >= 11 is 0. The minimum absolute atomic E-state index is 0.207. The van der Waals surface area contributed by atoms with Crippen molar-refractivity contribution in [2.24, 2.45) is 0 Å². The lowest BCUT2D eigenvalue weighted by molar-refractivity contribution is -0.110. The molecule has 8 heteroatoms. The summed E-state index contributed by atoms with van der Waals surface area (Å²) in [6.07, 6.45) is 3.64. The summed E-state index contributed by atoms with van der Waals surface area (Å²) in [5, 5.41) is 5.98. The van der Waals surface area contributed by atoms with Crippen molar-refractivity contribution in [2.75, 3.05) is 23.8 Å².